The number of hydrogen-bond donors (Lipinski definition) is 1. The standard InChI is InChI=1S/C14H13FN8O/c15-9-6-17-13(18-7-9)19-10-2-5-22(8-10)12(24)11-20-14-16-3-1-4-23(14)21-11/h1,3-4,6-7,10H,2,5,8H2,(H,17,18,19)/t10-/m0/s1. The summed E-state index contributed by atoms with van der Waals surface area (Å²) in [4.78, 5) is 30.1. The van der Waals surface area contributed by atoms with Crippen LogP contribution in [0.4, 0.5) is 10.3 Å². The number of likely N-dealkylation sites (tertiary alicyclic amines) is 1. The van der Waals surface area contributed by atoms with Gasteiger partial charge in [-0.2, -0.15) is 4.98 Å². The molecular weight excluding hydrogens is 315 g/mol. The Hall–Kier alpha value is -3.17. The van der Waals surface area contributed by atoms with Crippen LogP contribution in [0.25, 0.3) is 5.78 Å². The molecule has 0 aromatic carbocycles. The number of nitrogens with zero attached hydrogens (tertiary/aromatic N) is 7. The zero-order valence-electron chi connectivity index (χ0n) is 12.5. The predicted molar refractivity (Wildman–Crippen MR) is 80.7 cm³/mol. The third-order valence-corrected chi connectivity index (χ3v) is 3.74. The highest BCUT2D eigenvalue weighted by Crippen LogP contribution is 2.15. The van der Waals surface area contributed by atoms with Crippen LogP contribution in [0.1, 0.15) is 17.0 Å². The number of halogens is 1. The van der Waals surface area contributed by atoms with Crippen molar-refractivity contribution >= 4 is 17.6 Å². The second-order valence-corrected chi connectivity index (χ2v) is 5.41. The number of aromatic nitrogens is 6. The fourth-order valence-electron chi connectivity index (χ4n) is 2.60. The van der Waals surface area contributed by atoms with Gasteiger partial charge in [-0.05, 0) is 12.5 Å². The third kappa shape index (κ3) is 2.73. The van der Waals surface area contributed by atoms with Crippen molar-refractivity contribution in [2.75, 3.05) is 18.4 Å². The van der Waals surface area contributed by atoms with E-state index in [2.05, 4.69) is 30.4 Å². The molecule has 4 heterocycles. The molecule has 1 aliphatic rings. The molecule has 24 heavy (non-hydrogen) atoms. The molecule has 1 amide bonds. The SMILES string of the molecule is O=C(c1nc2ncccn2n1)N1CC[C@H](Nc2ncc(F)cn2)C1. The Labute approximate surface area is 135 Å². The highest BCUT2D eigenvalue weighted by atomic mass is 19.1. The number of nitrogens with one attached hydrogen (secondary N) is 1. The number of anilines is 1. The predicted octanol–water partition coefficient (Wildman–Crippen LogP) is 0.380. The average Bonchev–Trinajstić information content (AvgIpc) is 3.23. The van der Waals surface area contributed by atoms with Crippen molar-refractivity contribution in [1.82, 2.24) is 34.4 Å². The summed E-state index contributed by atoms with van der Waals surface area (Å²) < 4.78 is 14.3. The van der Waals surface area contributed by atoms with Gasteiger partial charge in [0.05, 0.1) is 12.4 Å². The summed E-state index contributed by atoms with van der Waals surface area (Å²) in [5.74, 6) is 0.104. The summed E-state index contributed by atoms with van der Waals surface area (Å²) in [7, 11) is 0. The first-order valence-electron chi connectivity index (χ1n) is 7.40. The number of hydrogen-bond acceptors (Lipinski definition) is 7. The van der Waals surface area contributed by atoms with Crippen molar-refractivity contribution in [3.63, 3.8) is 0 Å². The van der Waals surface area contributed by atoms with E-state index in [1.807, 2.05) is 0 Å². The van der Waals surface area contributed by atoms with Crippen LogP contribution >= 0.6 is 0 Å². The molecule has 3 aromatic heterocycles. The van der Waals surface area contributed by atoms with Crippen molar-refractivity contribution in [3.05, 3.63) is 42.5 Å². The molecule has 10 heteroatoms. The van der Waals surface area contributed by atoms with E-state index in [0.717, 1.165) is 18.8 Å². The number of fused-ring (bicyclic) bond motifs is 1. The maximum atomic E-state index is 12.8. The second-order valence-electron chi connectivity index (χ2n) is 5.41. The zero-order chi connectivity index (χ0) is 16.5. The van der Waals surface area contributed by atoms with Crippen molar-refractivity contribution in [2.24, 2.45) is 0 Å². The van der Waals surface area contributed by atoms with Gasteiger partial charge >= 0.3 is 0 Å². The van der Waals surface area contributed by atoms with Gasteiger partial charge in [-0.1, -0.05) is 0 Å². The molecule has 0 radical (unpaired) electrons. The first-order chi connectivity index (χ1) is 11.7. The third-order valence-electron chi connectivity index (χ3n) is 3.74. The van der Waals surface area contributed by atoms with Crippen LogP contribution in [-0.4, -0.2) is 59.5 Å². The second kappa shape index (κ2) is 5.80. The van der Waals surface area contributed by atoms with Gasteiger partial charge in [0.15, 0.2) is 5.82 Å². The van der Waals surface area contributed by atoms with E-state index >= 15 is 0 Å². The molecular formula is C14H13FN8O. The zero-order valence-corrected chi connectivity index (χ0v) is 12.5. The van der Waals surface area contributed by atoms with E-state index < -0.39 is 5.82 Å². The Bertz CT molecular complexity index is 847. The highest BCUT2D eigenvalue weighted by Gasteiger charge is 2.29. The fourth-order valence-corrected chi connectivity index (χ4v) is 2.60. The van der Waals surface area contributed by atoms with Gasteiger partial charge in [-0.25, -0.2) is 23.9 Å². The van der Waals surface area contributed by atoms with E-state index in [4.69, 9.17) is 0 Å². The van der Waals surface area contributed by atoms with Crippen LogP contribution in [0.5, 0.6) is 0 Å². The summed E-state index contributed by atoms with van der Waals surface area (Å²) in [6.07, 6.45) is 6.21. The lowest BCUT2D eigenvalue weighted by Gasteiger charge is -2.15. The van der Waals surface area contributed by atoms with Crippen LogP contribution in [0, 0.1) is 5.82 Å². The Morgan fingerprint density at radius 3 is 2.92 bits per heavy atom. The molecule has 0 saturated carbocycles. The molecule has 0 aliphatic carbocycles. The van der Waals surface area contributed by atoms with E-state index in [0.29, 0.717) is 24.8 Å². The van der Waals surface area contributed by atoms with Crippen LogP contribution in [0.2, 0.25) is 0 Å². The summed E-state index contributed by atoms with van der Waals surface area (Å²) in [5.41, 5.74) is 0. The maximum absolute atomic E-state index is 12.8. The van der Waals surface area contributed by atoms with Gasteiger partial charge in [-0.15, -0.1) is 5.10 Å². The molecule has 1 N–H and O–H groups in total. The van der Waals surface area contributed by atoms with Crippen LogP contribution in [0.3, 0.4) is 0 Å². The Balaban J connectivity index is 1.44. The maximum Gasteiger partial charge on any atom is 0.293 e. The minimum Gasteiger partial charge on any atom is -0.350 e. The smallest absolute Gasteiger partial charge is 0.293 e. The Morgan fingerprint density at radius 1 is 1.29 bits per heavy atom. The normalized spacial score (nSPS) is 17.4. The van der Waals surface area contributed by atoms with Crippen molar-refractivity contribution in [1.29, 1.82) is 0 Å². The summed E-state index contributed by atoms with van der Waals surface area (Å²) in [5, 5.41) is 7.23. The molecule has 122 valence electrons. The van der Waals surface area contributed by atoms with Crippen LogP contribution in [-0.2, 0) is 0 Å². The molecule has 4 rings (SSSR count). The first-order valence-corrected chi connectivity index (χ1v) is 7.40. The van der Waals surface area contributed by atoms with E-state index in [1.54, 1.807) is 23.4 Å². The van der Waals surface area contributed by atoms with Crippen molar-refractivity contribution in [2.45, 2.75) is 12.5 Å². The Morgan fingerprint density at radius 2 is 2.12 bits per heavy atom. The molecule has 1 fully saturated rings. The average molecular weight is 328 g/mol. The first kappa shape index (κ1) is 14.4. The van der Waals surface area contributed by atoms with E-state index in [-0.39, 0.29) is 17.8 Å². The van der Waals surface area contributed by atoms with Crippen LogP contribution < -0.4 is 5.32 Å². The summed E-state index contributed by atoms with van der Waals surface area (Å²) >= 11 is 0. The molecule has 3 aromatic rings. The number of carbonyl (C=O) groups excluding carboxylic acids is 1. The topological polar surface area (TPSA) is 101 Å². The molecule has 0 unspecified atom stereocenters. The monoisotopic (exact) mass is 328 g/mol. The number of carbonyl (C=O) groups is 1. The molecule has 1 atom stereocenters. The summed E-state index contributed by atoms with van der Waals surface area (Å²) in [6, 6.07) is 1.71. The van der Waals surface area contributed by atoms with Gasteiger partial charge in [0.2, 0.25) is 11.8 Å². The molecule has 0 bridgehead atoms. The van der Waals surface area contributed by atoms with Crippen molar-refractivity contribution in [3.8, 4) is 0 Å². The lowest BCUT2D eigenvalue weighted by molar-refractivity contribution is 0.0780. The van der Waals surface area contributed by atoms with Gasteiger partial charge in [0, 0.05) is 31.5 Å². The van der Waals surface area contributed by atoms with Gasteiger partial charge < -0.3 is 10.2 Å². The quantitative estimate of drug-likeness (QED) is 0.741. The lowest BCUT2D eigenvalue weighted by atomic mass is 10.3. The van der Waals surface area contributed by atoms with Gasteiger partial charge in [-0.3, -0.25) is 4.79 Å². The van der Waals surface area contributed by atoms with Crippen molar-refractivity contribution < 1.29 is 9.18 Å². The molecule has 1 aliphatic heterocycles. The molecule has 9 nitrogen and oxygen atoms in total. The largest absolute Gasteiger partial charge is 0.350 e. The number of amides is 1. The molecule has 1 saturated heterocycles. The van der Waals surface area contributed by atoms with Crippen LogP contribution in [0.15, 0.2) is 30.9 Å². The van der Waals surface area contributed by atoms with Gasteiger partial charge in [0.25, 0.3) is 11.7 Å². The fraction of sp³-hybridized carbons (Fsp3) is 0.286. The van der Waals surface area contributed by atoms with E-state index in [1.165, 1.54) is 4.52 Å². The summed E-state index contributed by atoms with van der Waals surface area (Å²) in [6.45, 7) is 1.04. The van der Waals surface area contributed by atoms with E-state index in [9.17, 15) is 9.18 Å². The highest BCUT2D eigenvalue weighted by molar-refractivity contribution is 5.91. The van der Waals surface area contributed by atoms with Gasteiger partial charge in [0.1, 0.15) is 0 Å². The minimum atomic E-state index is -0.490. The molecule has 0 spiro atoms. The lowest BCUT2D eigenvalue weighted by Crippen LogP contribution is -2.32. The Kier molecular flexibility index (Phi) is 3.48. The minimum absolute atomic E-state index is 0.00503. The number of rotatable bonds is 3.